The highest BCUT2D eigenvalue weighted by Crippen LogP contribution is 2.14. The molecular weight excluding hydrogens is 148 g/mol. The first-order valence-corrected chi connectivity index (χ1v) is 3.65. The van der Waals surface area contributed by atoms with Crippen LogP contribution in [-0.2, 0) is 4.89 Å². The van der Waals surface area contributed by atoms with Crippen molar-refractivity contribution in [3.63, 3.8) is 0 Å². The van der Waals surface area contributed by atoms with E-state index >= 15 is 0 Å². The number of rotatable bonds is 2. The third-order valence-corrected chi connectivity index (χ3v) is 1.44. The van der Waals surface area contributed by atoms with Crippen LogP contribution >= 0.6 is 11.3 Å². The Hall–Kier alpha value is -1.14. The topological polar surface area (TPSA) is 18.5 Å². The molecule has 1 aromatic rings. The van der Waals surface area contributed by atoms with Gasteiger partial charge in [-0.15, -0.1) is 11.3 Å². The van der Waals surface area contributed by atoms with Crippen molar-refractivity contribution in [3.05, 3.63) is 16.8 Å². The smallest absolute Gasteiger partial charge is 0.190 e. The average Bonchev–Trinajstić information content (AvgIpc) is 2.41. The van der Waals surface area contributed by atoms with Crippen LogP contribution in [0.15, 0.2) is 16.8 Å². The standard InChI is InChI=1S/C7H6O2S/c1-2-4-8-9-7-3-5-10-6-7/h3,5-6H,1H3. The minimum absolute atomic E-state index is 0.688. The van der Waals surface area contributed by atoms with Gasteiger partial charge in [-0.1, -0.05) is 5.92 Å². The molecule has 0 radical (unpaired) electrons. The monoisotopic (exact) mass is 154 g/mol. The SMILES string of the molecule is CC#COOc1ccsc1. The lowest BCUT2D eigenvalue weighted by atomic mass is 10.6. The minimum Gasteiger partial charge on any atom is -0.280 e. The summed E-state index contributed by atoms with van der Waals surface area (Å²) in [4.78, 5) is 9.20. The summed E-state index contributed by atoms with van der Waals surface area (Å²) >= 11 is 1.54. The first-order valence-electron chi connectivity index (χ1n) is 2.71. The van der Waals surface area contributed by atoms with Gasteiger partial charge >= 0.3 is 0 Å². The second-order valence-corrected chi connectivity index (χ2v) is 2.26. The fourth-order valence-corrected chi connectivity index (χ4v) is 0.953. The Morgan fingerprint density at radius 2 is 2.50 bits per heavy atom. The summed E-state index contributed by atoms with van der Waals surface area (Å²) < 4.78 is 0. The molecule has 0 atom stereocenters. The number of hydrogen-bond acceptors (Lipinski definition) is 3. The molecule has 0 spiro atoms. The Morgan fingerprint density at radius 1 is 1.60 bits per heavy atom. The van der Waals surface area contributed by atoms with Gasteiger partial charge in [-0.25, -0.2) is 4.89 Å². The van der Waals surface area contributed by atoms with Crippen molar-refractivity contribution < 1.29 is 9.78 Å². The molecule has 0 saturated heterocycles. The van der Waals surface area contributed by atoms with E-state index in [0.717, 1.165) is 0 Å². The maximum atomic E-state index is 4.72. The third kappa shape index (κ3) is 2.00. The molecule has 0 bridgehead atoms. The van der Waals surface area contributed by atoms with E-state index in [2.05, 4.69) is 16.9 Å². The van der Waals surface area contributed by atoms with Crippen LogP contribution in [-0.4, -0.2) is 0 Å². The van der Waals surface area contributed by atoms with Gasteiger partial charge in [-0.3, -0.25) is 4.89 Å². The fourth-order valence-electron chi connectivity index (χ4n) is 0.410. The highest BCUT2D eigenvalue weighted by molar-refractivity contribution is 7.08. The van der Waals surface area contributed by atoms with Gasteiger partial charge in [0, 0.05) is 12.3 Å². The highest BCUT2D eigenvalue weighted by atomic mass is 32.1. The van der Waals surface area contributed by atoms with Crippen molar-refractivity contribution in [1.82, 2.24) is 0 Å². The van der Waals surface area contributed by atoms with E-state index in [1.807, 2.05) is 16.8 Å². The van der Waals surface area contributed by atoms with E-state index in [1.54, 1.807) is 18.3 Å². The first kappa shape index (κ1) is 6.97. The Bertz CT molecular complexity index is 230. The molecule has 1 heterocycles. The van der Waals surface area contributed by atoms with Crippen LogP contribution in [0.5, 0.6) is 5.75 Å². The second kappa shape index (κ2) is 3.80. The van der Waals surface area contributed by atoms with Crippen molar-refractivity contribution in [3.8, 4) is 17.8 Å². The van der Waals surface area contributed by atoms with Crippen LogP contribution in [0, 0.1) is 12.0 Å². The predicted octanol–water partition coefficient (Wildman–Crippen LogP) is 2.04. The Balaban J connectivity index is 2.32. The molecule has 0 aromatic carbocycles. The number of thiophene rings is 1. The molecule has 0 aliphatic carbocycles. The zero-order valence-corrected chi connectivity index (χ0v) is 6.27. The van der Waals surface area contributed by atoms with Gasteiger partial charge < -0.3 is 0 Å². The second-order valence-electron chi connectivity index (χ2n) is 1.48. The molecule has 0 fully saturated rings. The molecule has 2 nitrogen and oxygen atoms in total. The zero-order valence-electron chi connectivity index (χ0n) is 5.46. The molecule has 0 amide bonds. The maximum Gasteiger partial charge on any atom is 0.190 e. The normalized spacial score (nSPS) is 7.70. The highest BCUT2D eigenvalue weighted by Gasteiger charge is 1.90. The van der Waals surface area contributed by atoms with Gasteiger partial charge in [0.05, 0.1) is 0 Å². The lowest BCUT2D eigenvalue weighted by molar-refractivity contribution is -0.133. The molecule has 0 unspecified atom stereocenters. The minimum atomic E-state index is 0.688. The van der Waals surface area contributed by atoms with Crippen LogP contribution < -0.4 is 4.89 Å². The largest absolute Gasteiger partial charge is 0.280 e. The average molecular weight is 154 g/mol. The van der Waals surface area contributed by atoms with Crippen molar-refractivity contribution in [2.45, 2.75) is 6.92 Å². The molecule has 3 heteroatoms. The van der Waals surface area contributed by atoms with E-state index in [1.165, 1.54) is 0 Å². The first-order chi connectivity index (χ1) is 4.93. The van der Waals surface area contributed by atoms with Crippen LogP contribution in [0.4, 0.5) is 0 Å². The summed E-state index contributed by atoms with van der Waals surface area (Å²) in [6.45, 7) is 1.68. The molecular formula is C7H6O2S. The molecule has 1 aromatic heterocycles. The zero-order chi connectivity index (χ0) is 7.23. The molecule has 0 aliphatic rings. The van der Waals surface area contributed by atoms with E-state index < -0.39 is 0 Å². The molecule has 0 N–H and O–H groups in total. The summed E-state index contributed by atoms with van der Waals surface area (Å²) in [5.41, 5.74) is 0. The van der Waals surface area contributed by atoms with Gasteiger partial charge in [0.1, 0.15) is 0 Å². The molecule has 0 aliphatic heterocycles. The lowest BCUT2D eigenvalue weighted by Crippen LogP contribution is -1.86. The molecule has 1 rings (SSSR count). The molecule has 52 valence electrons. The van der Waals surface area contributed by atoms with Crippen molar-refractivity contribution >= 4 is 11.3 Å². The van der Waals surface area contributed by atoms with E-state index in [9.17, 15) is 0 Å². The maximum absolute atomic E-state index is 4.72. The summed E-state index contributed by atoms with van der Waals surface area (Å²) in [6.07, 6.45) is 2.32. The third-order valence-electron chi connectivity index (χ3n) is 0.777. The van der Waals surface area contributed by atoms with Crippen molar-refractivity contribution in [1.29, 1.82) is 0 Å². The van der Waals surface area contributed by atoms with Crippen molar-refractivity contribution in [2.24, 2.45) is 0 Å². The Morgan fingerprint density at radius 3 is 3.10 bits per heavy atom. The molecule has 10 heavy (non-hydrogen) atoms. The Kier molecular flexibility index (Phi) is 2.65. The lowest BCUT2D eigenvalue weighted by Gasteiger charge is -1.92. The van der Waals surface area contributed by atoms with E-state index in [0.29, 0.717) is 5.75 Å². The van der Waals surface area contributed by atoms with Gasteiger partial charge in [0.15, 0.2) is 11.9 Å². The summed E-state index contributed by atoms with van der Waals surface area (Å²) in [6, 6.07) is 1.81. The fraction of sp³-hybridized carbons (Fsp3) is 0.143. The molecule has 0 saturated carbocycles. The van der Waals surface area contributed by atoms with Gasteiger partial charge in [-0.05, 0) is 11.4 Å². The van der Waals surface area contributed by atoms with E-state index in [-0.39, 0.29) is 0 Å². The summed E-state index contributed by atoms with van der Waals surface area (Å²) in [5, 5.41) is 3.73. The van der Waals surface area contributed by atoms with Crippen LogP contribution in [0.1, 0.15) is 6.92 Å². The van der Waals surface area contributed by atoms with Crippen LogP contribution in [0.2, 0.25) is 0 Å². The summed E-state index contributed by atoms with van der Waals surface area (Å²) in [7, 11) is 0. The van der Waals surface area contributed by atoms with Crippen LogP contribution in [0.3, 0.4) is 0 Å². The van der Waals surface area contributed by atoms with Crippen molar-refractivity contribution in [2.75, 3.05) is 0 Å². The number of hydrogen-bond donors (Lipinski definition) is 0. The van der Waals surface area contributed by atoms with Crippen LogP contribution in [0.25, 0.3) is 0 Å². The van der Waals surface area contributed by atoms with Gasteiger partial charge in [-0.2, -0.15) is 0 Å². The quantitative estimate of drug-likeness (QED) is 0.368. The van der Waals surface area contributed by atoms with Gasteiger partial charge in [0.2, 0.25) is 0 Å². The van der Waals surface area contributed by atoms with E-state index in [4.69, 9.17) is 4.89 Å². The summed E-state index contributed by atoms with van der Waals surface area (Å²) in [5.74, 6) is 3.22. The Labute approximate surface area is 63.3 Å². The van der Waals surface area contributed by atoms with Gasteiger partial charge in [0.25, 0.3) is 0 Å². The predicted molar refractivity (Wildman–Crippen MR) is 39.5 cm³/mol.